The van der Waals surface area contributed by atoms with Crippen molar-refractivity contribution in [3.8, 4) is 0 Å². The first-order chi connectivity index (χ1) is 13.9. The topological polar surface area (TPSA) is 77.4 Å². The molecule has 0 aliphatic rings. The minimum Gasteiger partial charge on any atom is -0.748 e. The maximum atomic E-state index is 11.5. The van der Waals surface area contributed by atoms with Crippen molar-refractivity contribution in [1.29, 1.82) is 0 Å². The third-order valence-corrected chi connectivity index (χ3v) is 7.29. The van der Waals surface area contributed by atoms with Crippen molar-refractivity contribution >= 4 is 10.1 Å². The Bertz CT molecular complexity index is 442. The van der Waals surface area contributed by atoms with Crippen LogP contribution in [0.15, 0.2) is 0 Å². The van der Waals surface area contributed by atoms with Crippen molar-refractivity contribution in [2.45, 2.75) is 154 Å². The smallest absolute Gasteiger partial charge is 0.748 e. The molecule has 0 bridgehead atoms. The summed E-state index contributed by atoms with van der Waals surface area (Å²) >= 11 is 0. The van der Waals surface area contributed by atoms with Crippen LogP contribution in [0.3, 0.4) is 0 Å². The first kappa shape index (κ1) is 33.0. The molecule has 0 saturated carbocycles. The van der Waals surface area contributed by atoms with E-state index in [1.165, 1.54) is 70.6 Å². The summed E-state index contributed by atoms with van der Waals surface area (Å²) in [5, 5.41) is 9.34. The fourth-order valence-electron chi connectivity index (χ4n) is 3.98. The Hall–Kier alpha value is 0.870. The third-order valence-electron chi connectivity index (χ3n) is 6.00. The van der Waals surface area contributed by atoms with Gasteiger partial charge in [-0.05, 0) is 25.7 Å². The van der Waals surface area contributed by atoms with Crippen molar-refractivity contribution in [3.05, 3.63) is 0 Å². The second-order valence-electron chi connectivity index (χ2n) is 8.87. The van der Waals surface area contributed by atoms with Gasteiger partial charge < -0.3 is 9.66 Å². The van der Waals surface area contributed by atoms with Crippen LogP contribution in [0.2, 0.25) is 0 Å². The molecule has 0 aliphatic heterocycles. The Kier molecular flexibility index (Phi) is 25.4. The Balaban J connectivity index is 0. The molecule has 4 nitrogen and oxygen atoms in total. The first-order valence-electron chi connectivity index (χ1n) is 12.5. The van der Waals surface area contributed by atoms with Crippen LogP contribution >= 0.6 is 0 Å². The van der Waals surface area contributed by atoms with Crippen LogP contribution in [0.1, 0.15) is 142 Å². The Morgan fingerprint density at radius 1 is 0.600 bits per heavy atom. The molecule has 0 amide bonds. The fraction of sp³-hybridized carbons (Fsp3) is 1.00. The monoisotopic (exact) mass is 456 g/mol. The number of hydrogen-bond donors (Lipinski definition) is 1. The largest absolute Gasteiger partial charge is 1.00 e. The number of unbranched alkanes of at least 4 members (excludes halogenated alkanes) is 14. The van der Waals surface area contributed by atoms with Gasteiger partial charge in [-0.3, -0.25) is 0 Å². The van der Waals surface area contributed by atoms with E-state index in [-0.39, 0.29) is 29.6 Å². The Labute approximate surface area is 210 Å². The number of hydrogen-bond acceptors (Lipinski definition) is 4. The summed E-state index contributed by atoms with van der Waals surface area (Å²) in [7, 11) is -4.27. The van der Waals surface area contributed by atoms with Gasteiger partial charge in [0.05, 0.1) is 16.2 Å². The molecule has 1 N–H and O–H groups in total. The summed E-state index contributed by atoms with van der Waals surface area (Å²) in [6.07, 6.45) is 20.5. The van der Waals surface area contributed by atoms with Crippen LogP contribution in [0.4, 0.5) is 0 Å². The standard InChI is InChI=1S/C24H50O4S.Na/c1-3-5-7-9-11-12-14-15-17-19-23(25)21-22-24(29(26,27)28)20-18-16-13-10-8-6-4-2;/h23-25H,3-22H2,1-2H3,(H,26,27,28);/q;+1/p-1. The first-order valence-corrected chi connectivity index (χ1v) is 14.0. The van der Waals surface area contributed by atoms with E-state index in [1.54, 1.807) is 0 Å². The van der Waals surface area contributed by atoms with Crippen molar-refractivity contribution in [2.24, 2.45) is 0 Å². The van der Waals surface area contributed by atoms with Gasteiger partial charge in [0.1, 0.15) is 0 Å². The van der Waals surface area contributed by atoms with E-state index in [9.17, 15) is 18.1 Å². The Morgan fingerprint density at radius 3 is 1.37 bits per heavy atom. The maximum Gasteiger partial charge on any atom is 1.00 e. The zero-order valence-electron chi connectivity index (χ0n) is 20.4. The molecule has 0 rings (SSSR count). The van der Waals surface area contributed by atoms with Gasteiger partial charge in [-0.1, -0.05) is 117 Å². The molecular weight excluding hydrogens is 407 g/mol. The van der Waals surface area contributed by atoms with Crippen molar-refractivity contribution in [2.75, 3.05) is 0 Å². The zero-order valence-corrected chi connectivity index (χ0v) is 23.2. The van der Waals surface area contributed by atoms with Crippen molar-refractivity contribution < 1.29 is 47.6 Å². The number of aliphatic hydroxyl groups is 1. The quantitative estimate of drug-likeness (QED) is 0.151. The molecular formula is C24H49NaO4S. The molecule has 176 valence electrons. The van der Waals surface area contributed by atoms with Crippen LogP contribution < -0.4 is 29.6 Å². The van der Waals surface area contributed by atoms with Crippen LogP contribution in [0.25, 0.3) is 0 Å². The number of rotatable bonds is 22. The van der Waals surface area contributed by atoms with E-state index >= 15 is 0 Å². The zero-order chi connectivity index (χ0) is 21.8. The second-order valence-corrected chi connectivity index (χ2v) is 10.5. The third kappa shape index (κ3) is 22.1. The molecule has 0 heterocycles. The average Bonchev–Trinajstić information content (AvgIpc) is 2.67. The van der Waals surface area contributed by atoms with Gasteiger partial charge in [0.25, 0.3) is 0 Å². The van der Waals surface area contributed by atoms with E-state index in [0.717, 1.165) is 38.5 Å². The summed E-state index contributed by atoms with van der Waals surface area (Å²) in [5.41, 5.74) is 0. The molecule has 30 heavy (non-hydrogen) atoms. The summed E-state index contributed by atoms with van der Waals surface area (Å²) < 4.78 is 34.6. The summed E-state index contributed by atoms with van der Waals surface area (Å²) in [6.45, 7) is 4.42. The number of aliphatic hydroxyl groups excluding tert-OH is 1. The molecule has 0 aromatic rings. The van der Waals surface area contributed by atoms with Crippen LogP contribution in [-0.2, 0) is 10.1 Å². The van der Waals surface area contributed by atoms with Gasteiger partial charge >= 0.3 is 29.6 Å². The van der Waals surface area contributed by atoms with E-state index in [1.807, 2.05) is 0 Å². The molecule has 0 fully saturated rings. The predicted octanol–water partition coefficient (Wildman–Crippen LogP) is 4.11. The molecule has 2 atom stereocenters. The van der Waals surface area contributed by atoms with Gasteiger partial charge in [-0.2, -0.15) is 0 Å². The van der Waals surface area contributed by atoms with Gasteiger partial charge in [-0.15, -0.1) is 0 Å². The van der Waals surface area contributed by atoms with Gasteiger partial charge in [0.2, 0.25) is 0 Å². The molecule has 2 unspecified atom stereocenters. The van der Waals surface area contributed by atoms with Crippen LogP contribution in [0.5, 0.6) is 0 Å². The van der Waals surface area contributed by atoms with E-state index in [0.29, 0.717) is 19.3 Å². The Morgan fingerprint density at radius 2 is 0.967 bits per heavy atom. The molecule has 6 heteroatoms. The summed E-state index contributed by atoms with van der Waals surface area (Å²) in [4.78, 5) is 0. The van der Waals surface area contributed by atoms with Crippen molar-refractivity contribution in [1.82, 2.24) is 0 Å². The summed E-state index contributed by atoms with van der Waals surface area (Å²) in [5.74, 6) is 0. The SMILES string of the molecule is CCCCCCCCCCCC(O)CCC(CCCCCCCCC)S(=O)(=O)[O-].[Na+]. The fourth-order valence-corrected chi connectivity index (χ4v) is 4.86. The molecule has 0 aromatic carbocycles. The van der Waals surface area contributed by atoms with E-state index in [2.05, 4.69) is 13.8 Å². The minimum absolute atomic E-state index is 0. The molecule has 0 aromatic heterocycles. The molecule has 0 aliphatic carbocycles. The minimum atomic E-state index is -4.27. The summed E-state index contributed by atoms with van der Waals surface area (Å²) in [6, 6.07) is 0. The average molecular weight is 457 g/mol. The van der Waals surface area contributed by atoms with E-state index < -0.39 is 21.5 Å². The van der Waals surface area contributed by atoms with Crippen LogP contribution in [0, 0.1) is 0 Å². The van der Waals surface area contributed by atoms with E-state index in [4.69, 9.17) is 0 Å². The normalized spacial score (nSPS) is 13.7. The second kappa shape index (κ2) is 23.0. The van der Waals surface area contributed by atoms with Gasteiger partial charge in [0, 0.05) is 5.25 Å². The maximum absolute atomic E-state index is 11.5. The molecule has 0 spiro atoms. The van der Waals surface area contributed by atoms with Gasteiger partial charge in [-0.25, -0.2) is 8.42 Å². The molecule has 0 saturated heterocycles. The van der Waals surface area contributed by atoms with Crippen molar-refractivity contribution in [3.63, 3.8) is 0 Å². The van der Waals surface area contributed by atoms with Gasteiger partial charge in [0.15, 0.2) is 0 Å². The predicted molar refractivity (Wildman–Crippen MR) is 123 cm³/mol. The molecule has 0 radical (unpaired) electrons. The van der Waals surface area contributed by atoms with Crippen LogP contribution in [-0.4, -0.2) is 29.4 Å².